The molecule has 18 heavy (non-hydrogen) atoms. The molecule has 0 spiro atoms. The molecule has 0 fully saturated rings. The van der Waals surface area contributed by atoms with E-state index in [9.17, 15) is 0 Å². The first-order valence-corrected chi connectivity index (χ1v) is 7.19. The van der Waals surface area contributed by atoms with Crippen molar-refractivity contribution in [1.29, 1.82) is 0 Å². The van der Waals surface area contributed by atoms with Crippen LogP contribution in [0, 0.1) is 13.8 Å². The molecule has 2 nitrogen and oxygen atoms in total. The first-order valence-electron chi connectivity index (χ1n) is 5.62. The number of anilines is 1. The third-order valence-corrected chi connectivity index (χ3v) is 4.38. The van der Waals surface area contributed by atoms with Crippen LogP contribution in [0.15, 0.2) is 18.3 Å². The van der Waals surface area contributed by atoms with Gasteiger partial charge in [0.25, 0.3) is 0 Å². The molecule has 0 aromatic carbocycles. The van der Waals surface area contributed by atoms with Gasteiger partial charge in [0.15, 0.2) is 0 Å². The van der Waals surface area contributed by atoms with Crippen LogP contribution >= 0.6 is 34.5 Å². The van der Waals surface area contributed by atoms with Gasteiger partial charge in [-0.1, -0.05) is 23.2 Å². The van der Waals surface area contributed by atoms with Gasteiger partial charge < -0.3 is 5.32 Å². The van der Waals surface area contributed by atoms with Crippen molar-refractivity contribution in [1.82, 2.24) is 4.98 Å². The van der Waals surface area contributed by atoms with Crippen LogP contribution in [0.1, 0.15) is 29.8 Å². The average Bonchev–Trinajstić information content (AvgIpc) is 2.63. The van der Waals surface area contributed by atoms with Gasteiger partial charge in [0.05, 0.1) is 26.1 Å². The Kier molecular flexibility index (Phi) is 4.15. The van der Waals surface area contributed by atoms with Gasteiger partial charge in [-0.3, -0.25) is 4.98 Å². The lowest BCUT2D eigenvalue weighted by molar-refractivity contribution is 0.882. The molecule has 0 aliphatic carbocycles. The number of rotatable bonds is 3. The van der Waals surface area contributed by atoms with E-state index in [-0.39, 0.29) is 6.04 Å². The van der Waals surface area contributed by atoms with Crippen LogP contribution in [0.4, 0.5) is 5.69 Å². The number of aryl methyl sites for hydroxylation is 2. The summed E-state index contributed by atoms with van der Waals surface area (Å²) in [5, 5.41) is 3.45. The molecule has 2 aromatic heterocycles. The van der Waals surface area contributed by atoms with E-state index in [4.69, 9.17) is 23.2 Å². The molecule has 0 radical (unpaired) electrons. The normalized spacial score (nSPS) is 12.5. The van der Waals surface area contributed by atoms with Crippen molar-refractivity contribution in [2.75, 3.05) is 5.32 Å². The topological polar surface area (TPSA) is 24.9 Å². The molecular weight excluding hydrogens is 287 g/mol. The monoisotopic (exact) mass is 300 g/mol. The fourth-order valence-electron chi connectivity index (χ4n) is 1.85. The Morgan fingerprint density at radius 3 is 2.61 bits per heavy atom. The molecule has 1 unspecified atom stereocenters. The van der Waals surface area contributed by atoms with Crippen molar-refractivity contribution in [3.05, 3.63) is 43.8 Å². The maximum atomic E-state index is 6.16. The Morgan fingerprint density at radius 1 is 1.33 bits per heavy atom. The van der Waals surface area contributed by atoms with Crippen molar-refractivity contribution < 1.29 is 0 Å². The largest absolute Gasteiger partial charge is 0.377 e. The highest BCUT2D eigenvalue weighted by atomic mass is 35.5. The van der Waals surface area contributed by atoms with Crippen LogP contribution in [-0.4, -0.2) is 4.98 Å². The lowest BCUT2D eigenvalue weighted by Crippen LogP contribution is -2.09. The Bertz CT molecular complexity index is 546. The molecule has 1 atom stereocenters. The summed E-state index contributed by atoms with van der Waals surface area (Å²) in [6.07, 6.45) is 1.81. The molecule has 2 rings (SSSR count). The van der Waals surface area contributed by atoms with Gasteiger partial charge in [0.1, 0.15) is 0 Å². The third-order valence-electron chi connectivity index (χ3n) is 2.86. The fourth-order valence-corrected chi connectivity index (χ4v) is 3.50. The Balaban J connectivity index is 2.26. The SMILES string of the molecule is Cc1ccnc(C)c1NC(C)c1cc(Cl)sc1Cl. The van der Waals surface area contributed by atoms with E-state index in [2.05, 4.69) is 24.1 Å². The maximum absolute atomic E-state index is 6.16. The first-order chi connectivity index (χ1) is 8.49. The summed E-state index contributed by atoms with van der Waals surface area (Å²) in [7, 11) is 0. The Morgan fingerprint density at radius 2 is 2.06 bits per heavy atom. The van der Waals surface area contributed by atoms with E-state index in [1.165, 1.54) is 16.9 Å². The summed E-state index contributed by atoms with van der Waals surface area (Å²) < 4.78 is 1.45. The minimum atomic E-state index is 0.0999. The second-order valence-corrected chi connectivity index (χ2v) is 6.52. The molecule has 2 heterocycles. The van der Waals surface area contributed by atoms with Gasteiger partial charge in [0.2, 0.25) is 0 Å². The summed E-state index contributed by atoms with van der Waals surface area (Å²) in [4.78, 5) is 4.30. The highest BCUT2D eigenvalue weighted by molar-refractivity contribution is 7.20. The third kappa shape index (κ3) is 2.79. The van der Waals surface area contributed by atoms with Gasteiger partial charge in [-0.15, -0.1) is 11.3 Å². The predicted octanol–water partition coefficient (Wildman–Crippen LogP) is 5.24. The molecule has 0 bridgehead atoms. The number of hydrogen-bond donors (Lipinski definition) is 1. The number of aromatic nitrogens is 1. The van der Waals surface area contributed by atoms with E-state index in [1.807, 2.05) is 25.3 Å². The smallest absolute Gasteiger partial charge is 0.0996 e. The number of halogens is 2. The minimum absolute atomic E-state index is 0.0999. The molecule has 96 valence electrons. The van der Waals surface area contributed by atoms with Crippen molar-refractivity contribution in [2.45, 2.75) is 26.8 Å². The standard InChI is InChI=1S/C13H14Cl2N2S/c1-7-4-5-16-9(3)12(7)17-8(2)10-6-11(14)18-13(10)15/h4-6,8,17H,1-3H3. The molecule has 5 heteroatoms. The zero-order chi connectivity index (χ0) is 13.3. The second kappa shape index (κ2) is 5.47. The lowest BCUT2D eigenvalue weighted by Gasteiger charge is -2.18. The highest BCUT2D eigenvalue weighted by Gasteiger charge is 2.15. The van der Waals surface area contributed by atoms with E-state index in [1.54, 1.807) is 0 Å². The highest BCUT2D eigenvalue weighted by Crippen LogP contribution is 2.36. The average molecular weight is 301 g/mol. The van der Waals surface area contributed by atoms with Gasteiger partial charge in [-0.25, -0.2) is 0 Å². The molecule has 0 amide bonds. The molecule has 1 N–H and O–H groups in total. The number of pyridine rings is 1. The minimum Gasteiger partial charge on any atom is -0.377 e. The number of hydrogen-bond acceptors (Lipinski definition) is 3. The van der Waals surface area contributed by atoms with Crippen LogP contribution < -0.4 is 5.32 Å². The van der Waals surface area contributed by atoms with Crippen LogP contribution in [0.5, 0.6) is 0 Å². The summed E-state index contributed by atoms with van der Waals surface area (Å²) >= 11 is 13.5. The zero-order valence-electron chi connectivity index (χ0n) is 10.4. The first kappa shape index (κ1) is 13.7. The molecule has 0 aliphatic rings. The zero-order valence-corrected chi connectivity index (χ0v) is 12.7. The van der Waals surface area contributed by atoms with Gasteiger partial charge in [0, 0.05) is 11.8 Å². The van der Waals surface area contributed by atoms with Gasteiger partial charge in [-0.2, -0.15) is 0 Å². The van der Waals surface area contributed by atoms with Crippen LogP contribution in [0.25, 0.3) is 0 Å². The lowest BCUT2D eigenvalue weighted by atomic mass is 10.1. The fraction of sp³-hybridized carbons (Fsp3) is 0.308. The van der Waals surface area contributed by atoms with Gasteiger partial charge >= 0.3 is 0 Å². The van der Waals surface area contributed by atoms with E-state index in [0.29, 0.717) is 4.34 Å². The second-order valence-electron chi connectivity index (χ2n) is 4.23. The summed E-state index contributed by atoms with van der Waals surface area (Å²) in [5.41, 5.74) is 4.24. The number of nitrogens with zero attached hydrogens (tertiary/aromatic N) is 1. The van der Waals surface area contributed by atoms with Gasteiger partial charge in [-0.05, 0) is 38.5 Å². The summed E-state index contributed by atoms with van der Waals surface area (Å²) in [5.74, 6) is 0. The molecule has 0 saturated heterocycles. The van der Waals surface area contributed by atoms with Crippen LogP contribution in [-0.2, 0) is 0 Å². The van der Waals surface area contributed by atoms with Crippen molar-refractivity contribution in [2.24, 2.45) is 0 Å². The Labute approximate surface area is 121 Å². The van der Waals surface area contributed by atoms with Crippen molar-refractivity contribution >= 4 is 40.2 Å². The Hall–Kier alpha value is -0.770. The molecule has 0 aliphatic heterocycles. The van der Waals surface area contributed by atoms with Crippen molar-refractivity contribution in [3.8, 4) is 0 Å². The molecule has 2 aromatic rings. The predicted molar refractivity (Wildman–Crippen MR) is 80.1 cm³/mol. The summed E-state index contributed by atoms with van der Waals surface area (Å²) in [6, 6.07) is 4.00. The van der Waals surface area contributed by atoms with Crippen LogP contribution in [0.3, 0.4) is 0 Å². The summed E-state index contributed by atoms with van der Waals surface area (Å²) in [6.45, 7) is 6.12. The number of thiophene rings is 1. The van der Waals surface area contributed by atoms with Crippen LogP contribution in [0.2, 0.25) is 8.67 Å². The van der Waals surface area contributed by atoms with E-state index >= 15 is 0 Å². The maximum Gasteiger partial charge on any atom is 0.0996 e. The van der Waals surface area contributed by atoms with E-state index < -0.39 is 0 Å². The van der Waals surface area contributed by atoms with E-state index in [0.717, 1.165) is 21.3 Å². The van der Waals surface area contributed by atoms with Crippen molar-refractivity contribution in [3.63, 3.8) is 0 Å². The number of nitrogens with one attached hydrogen (secondary N) is 1. The quantitative estimate of drug-likeness (QED) is 0.838. The molecule has 0 saturated carbocycles. The molecular formula is C13H14Cl2N2S.